The smallest absolute Gasteiger partial charge is 0.260 e. The Balaban J connectivity index is 1.55. The van der Waals surface area contributed by atoms with Gasteiger partial charge >= 0.3 is 0 Å². The molecule has 2 heterocycles. The van der Waals surface area contributed by atoms with E-state index in [0.717, 1.165) is 11.5 Å². The van der Waals surface area contributed by atoms with Crippen LogP contribution in [0.2, 0.25) is 0 Å². The molecule has 0 saturated carbocycles. The molecule has 3 aromatic rings. The molecular formula is C20H19N5O3S. The molecule has 9 heteroatoms. The SMILES string of the molecule is Cc1nnc(SCC(=O)N2CC(C(N)=O)Oc3ccccc32)n1-c1ccccc1. The summed E-state index contributed by atoms with van der Waals surface area (Å²) in [4.78, 5) is 26.2. The number of benzene rings is 2. The highest BCUT2D eigenvalue weighted by atomic mass is 32.2. The van der Waals surface area contributed by atoms with Gasteiger partial charge in [0.15, 0.2) is 11.3 Å². The van der Waals surface area contributed by atoms with Gasteiger partial charge in [-0.1, -0.05) is 42.1 Å². The zero-order valence-corrected chi connectivity index (χ0v) is 16.5. The van der Waals surface area contributed by atoms with Gasteiger partial charge in [-0.05, 0) is 31.2 Å². The second-order valence-corrected chi connectivity index (χ2v) is 7.41. The van der Waals surface area contributed by atoms with E-state index in [4.69, 9.17) is 10.5 Å². The van der Waals surface area contributed by atoms with Crippen LogP contribution in [0, 0.1) is 6.92 Å². The Kier molecular flexibility index (Phi) is 5.22. The monoisotopic (exact) mass is 409 g/mol. The third kappa shape index (κ3) is 3.81. The Morgan fingerprint density at radius 3 is 2.62 bits per heavy atom. The number of carbonyl (C=O) groups is 2. The lowest BCUT2D eigenvalue weighted by Gasteiger charge is -2.33. The minimum Gasteiger partial charge on any atom is -0.477 e. The van der Waals surface area contributed by atoms with E-state index in [0.29, 0.717) is 16.6 Å². The van der Waals surface area contributed by atoms with Gasteiger partial charge < -0.3 is 15.4 Å². The number of hydrogen-bond donors (Lipinski definition) is 1. The first kappa shape index (κ1) is 19.0. The maximum Gasteiger partial charge on any atom is 0.260 e. The third-order valence-corrected chi connectivity index (χ3v) is 5.44. The summed E-state index contributed by atoms with van der Waals surface area (Å²) >= 11 is 1.29. The maximum atomic E-state index is 13.0. The topological polar surface area (TPSA) is 103 Å². The number of aryl methyl sites for hydroxylation is 1. The summed E-state index contributed by atoms with van der Waals surface area (Å²) in [6, 6.07) is 16.8. The first-order valence-corrected chi connectivity index (χ1v) is 9.99. The van der Waals surface area contributed by atoms with Gasteiger partial charge in [0.05, 0.1) is 18.0 Å². The third-order valence-electron chi connectivity index (χ3n) is 4.53. The number of anilines is 1. The van der Waals surface area contributed by atoms with Crippen LogP contribution in [0.25, 0.3) is 5.69 Å². The van der Waals surface area contributed by atoms with Crippen molar-refractivity contribution in [3.63, 3.8) is 0 Å². The van der Waals surface area contributed by atoms with Gasteiger partial charge in [0.2, 0.25) is 5.91 Å². The molecule has 0 bridgehead atoms. The van der Waals surface area contributed by atoms with Crippen molar-refractivity contribution in [1.29, 1.82) is 0 Å². The highest BCUT2D eigenvalue weighted by Gasteiger charge is 2.32. The Morgan fingerprint density at radius 2 is 1.86 bits per heavy atom. The normalized spacial score (nSPS) is 15.5. The zero-order valence-electron chi connectivity index (χ0n) is 15.7. The summed E-state index contributed by atoms with van der Waals surface area (Å²) < 4.78 is 7.52. The van der Waals surface area contributed by atoms with E-state index >= 15 is 0 Å². The molecule has 0 saturated heterocycles. The number of primary amides is 1. The fourth-order valence-corrected chi connectivity index (χ4v) is 4.01. The van der Waals surface area contributed by atoms with E-state index in [9.17, 15) is 9.59 Å². The molecule has 1 aliphatic rings. The number of nitrogens with two attached hydrogens (primary N) is 1. The van der Waals surface area contributed by atoms with E-state index in [1.807, 2.05) is 47.9 Å². The van der Waals surface area contributed by atoms with Gasteiger partial charge in [0.25, 0.3) is 5.91 Å². The summed E-state index contributed by atoms with van der Waals surface area (Å²) in [5.74, 6) is 0.549. The Bertz CT molecular complexity index is 1050. The Morgan fingerprint density at radius 1 is 1.14 bits per heavy atom. The number of thioether (sulfide) groups is 1. The van der Waals surface area contributed by atoms with Crippen molar-refractivity contribution in [2.45, 2.75) is 18.2 Å². The average Bonchev–Trinajstić information content (AvgIpc) is 3.12. The summed E-state index contributed by atoms with van der Waals surface area (Å²) in [5.41, 5.74) is 6.96. The predicted octanol–water partition coefficient (Wildman–Crippen LogP) is 1.95. The average molecular weight is 409 g/mol. The minimum atomic E-state index is -0.880. The Labute approximate surface area is 171 Å². The lowest BCUT2D eigenvalue weighted by molar-refractivity contribution is -0.125. The summed E-state index contributed by atoms with van der Waals surface area (Å²) in [7, 11) is 0. The molecule has 29 heavy (non-hydrogen) atoms. The lowest BCUT2D eigenvalue weighted by atomic mass is 10.2. The summed E-state index contributed by atoms with van der Waals surface area (Å²) in [5, 5.41) is 8.96. The van der Waals surface area contributed by atoms with Crippen molar-refractivity contribution in [2.24, 2.45) is 5.73 Å². The molecule has 0 fully saturated rings. The molecule has 2 amide bonds. The maximum absolute atomic E-state index is 13.0. The van der Waals surface area contributed by atoms with Gasteiger partial charge in [-0.15, -0.1) is 10.2 Å². The molecule has 1 unspecified atom stereocenters. The zero-order chi connectivity index (χ0) is 20.4. The van der Waals surface area contributed by atoms with Crippen LogP contribution < -0.4 is 15.4 Å². The molecule has 0 spiro atoms. The molecule has 1 aromatic heterocycles. The lowest BCUT2D eigenvalue weighted by Crippen LogP contribution is -2.49. The number of hydrogen-bond acceptors (Lipinski definition) is 6. The summed E-state index contributed by atoms with van der Waals surface area (Å²) in [6.07, 6.45) is -0.880. The number of amides is 2. The first-order valence-electron chi connectivity index (χ1n) is 9.00. The highest BCUT2D eigenvalue weighted by Crippen LogP contribution is 2.34. The quantitative estimate of drug-likeness (QED) is 0.646. The minimum absolute atomic E-state index is 0.0795. The number of aromatic nitrogens is 3. The Hall–Kier alpha value is -3.33. The molecule has 0 aliphatic carbocycles. The molecule has 0 radical (unpaired) electrons. The fraction of sp³-hybridized carbons (Fsp3) is 0.200. The van der Waals surface area contributed by atoms with Crippen molar-refractivity contribution >= 4 is 29.3 Å². The summed E-state index contributed by atoms with van der Waals surface area (Å²) in [6.45, 7) is 1.94. The largest absolute Gasteiger partial charge is 0.477 e. The van der Waals surface area contributed by atoms with Crippen molar-refractivity contribution in [1.82, 2.24) is 14.8 Å². The van der Waals surface area contributed by atoms with E-state index in [-0.39, 0.29) is 18.2 Å². The van der Waals surface area contributed by atoms with Crippen LogP contribution in [-0.4, -0.2) is 45.0 Å². The van der Waals surface area contributed by atoms with E-state index in [1.54, 1.807) is 18.2 Å². The van der Waals surface area contributed by atoms with Crippen LogP contribution in [0.15, 0.2) is 59.8 Å². The molecule has 4 rings (SSSR count). The second-order valence-electron chi connectivity index (χ2n) is 6.47. The molecular weight excluding hydrogens is 390 g/mol. The molecule has 1 aliphatic heterocycles. The number of nitrogens with zero attached hydrogens (tertiary/aromatic N) is 4. The van der Waals surface area contributed by atoms with E-state index in [1.165, 1.54) is 16.7 Å². The van der Waals surface area contributed by atoms with Crippen molar-refractivity contribution in [2.75, 3.05) is 17.2 Å². The van der Waals surface area contributed by atoms with Gasteiger partial charge in [-0.2, -0.15) is 0 Å². The number of carbonyl (C=O) groups excluding carboxylic acids is 2. The van der Waals surface area contributed by atoms with Gasteiger partial charge in [0.1, 0.15) is 11.6 Å². The number of rotatable bonds is 5. The fourth-order valence-electron chi connectivity index (χ4n) is 3.13. The number of para-hydroxylation sites is 3. The van der Waals surface area contributed by atoms with Crippen LogP contribution in [0.1, 0.15) is 5.82 Å². The van der Waals surface area contributed by atoms with Crippen LogP contribution in [0.5, 0.6) is 5.75 Å². The van der Waals surface area contributed by atoms with Gasteiger partial charge in [-0.3, -0.25) is 14.2 Å². The van der Waals surface area contributed by atoms with Gasteiger partial charge in [0, 0.05) is 5.69 Å². The second kappa shape index (κ2) is 7.96. The van der Waals surface area contributed by atoms with Crippen LogP contribution in [0.3, 0.4) is 0 Å². The first-order chi connectivity index (χ1) is 14.0. The molecule has 8 nitrogen and oxygen atoms in total. The molecule has 1 atom stereocenters. The van der Waals surface area contributed by atoms with Crippen molar-refractivity contribution in [3.8, 4) is 11.4 Å². The van der Waals surface area contributed by atoms with Crippen LogP contribution in [-0.2, 0) is 9.59 Å². The molecule has 148 valence electrons. The van der Waals surface area contributed by atoms with Crippen molar-refractivity contribution in [3.05, 3.63) is 60.4 Å². The van der Waals surface area contributed by atoms with E-state index in [2.05, 4.69) is 10.2 Å². The predicted molar refractivity (Wildman–Crippen MR) is 109 cm³/mol. The highest BCUT2D eigenvalue weighted by molar-refractivity contribution is 7.99. The van der Waals surface area contributed by atoms with Gasteiger partial charge in [-0.25, -0.2) is 0 Å². The van der Waals surface area contributed by atoms with E-state index < -0.39 is 12.0 Å². The van der Waals surface area contributed by atoms with Crippen molar-refractivity contribution < 1.29 is 14.3 Å². The number of ether oxygens (including phenoxy) is 1. The number of fused-ring (bicyclic) bond motifs is 1. The molecule has 2 N–H and O–H groups in total. The standard InChI is InChI=1S/C20H19N5O3S/c1-13-22-23-20(25(13)14-7-3-2-4-8-14)29-12-18(26)24-11-17(19(21)27)28-16-10-6-5-9-15(16)24/h2-10,17H,11-12H2,1H3,(H2,21,27). The van der Waals surface area contributed by atoms with Crippen LogP contribution in [0.4, 0.5) is 5.69 Å². The van der Waals surface area contributed by atoms with Crippen LogP contribution >= 0.6 is 11.8 Å². The molecule has 2 aromatic carbocycles.